The molecule has 2 heterocycles. The maximum atomic E-state index is 11.2. The molecule has 1 N–H and O–H groups in total. The summed E-state index contributed by atoms with van der Waals surface area (Å²) < 4.78 is 7.22. The van der Waals surface area contributed by atoms with Gasteiger partial charge in [0.25, 0.3) is 5.56 Å². The molecule has 0 saturated carbocycles. The molecule has 1 aromatic carbocycles. The molecule has 0 aliphatic carbocycles. The molecule has 2 aromatic heterocycles. The molecule has 0 fully saturated rings. The fraction of sp³-hybridized carbons (Fsp3) is 0.154. The van der Waals surface area contributed by atoms with E-state index in [1.807, 2.05) is 6.92 Å². The van der Waals surface area contributed by atoms with Crippen molar-refractivity contribution in [1.29, 1.82) is 0 Å². The van der Waals surface area contributed by atoms with Crippen LogP contribution in [0.5, 0.6) is 5.75 Å². The Balaban J connectivity index is 1.86. The van der Waals surface area contributed by atoms with Crippen molar-refractivity contribution in [3.63, 3.8) is 0 Å². The van der Waals surface area contributed by atoms with Gasteiger partial charge in [-0.1, -0.05) is 11.6 Å². The van der Waals surface area contributed by atoms with E-state index in [2.05, 4.69) is 15.1 Å². The van der Waals surface area contributed by atoms with E-state index in [4.69, 9.17) is 16.3 Å². The second-order valence-electron chi connectivity index (χ2n) is 4.26. The van der Waals surface area contributed by atoms with Crippen molar-refractivity contribution in [2.24, 2.45) is 0 Å². The number of hydrogen-bond acceptors (Lipinski definition) is 4. The molecule has 3 rings (SSSR count). The zero-order valence-corrected chi connectivity index (χ0v) is 11.3. The molecular formula is C13H11ClN4O2. The van der Waals surface area contributed by atoms with Gasteiger partial charge < -0.3 is 4.74 Å². The normalized spacial score (nSPS) is 12.5. The van der Waals surface area contributed by atoms with Crippen molar-refractivity contribution in [3.8, 4) is 5.75 Å². The van der Waals surface area contributed by atoms with Crippen LogP contribution >= 0.6 is 11.6 Å². The molecule has 6 nitrogen and oxygen atoms in total. The van der Waals surface area contributed by atoms with Gasteiger partial charge in [0.05, 0.1) is 0 Å². The number of nitrogens with zero attached hydrogens (tertiary/aromatic N) is 3. The Labute approximate surface area is 119 Å². The van der Waals surface area contributed by atoms with E-state index in [0.29, 0.717) is 22.4 Å². The quantitative estimate of drug-likeness (QED) is 0.803. The van der Waals surface area contributed by atoms with Crippen LogP contribution in [0, 0.1) is 0 Å². The van der Waals surface area contributed by atoms with Gasteiger partial charge in [0.1, 0.15) is 5.75 Å². The number of H-pyrrole nitrogens is 1. The molecule has 3 aromatic rings. The third-order valence-electron chi connectivity index (χ3n) is 2.74. The Hall–Kier alpha value is -2.34. The maximum Gasteiger partial charge on any atom is 0.252 e. The van der Waals surface area contributed by atoms with Gasteiger partial charge >= 0.3 is 0 Å². The summed E-state index contributed by atoms with van der Waals surface area (Å²) in [6, 6.07) is 8.43. The molecule has 0 radical (unpaired) electrons. The number of ether oxygens (including phenoxy) is 1. The van der Waals surface area contributed by atoms with Gasteiger partial charge in [-0.3, -0.25) is 9.78 Å². The second-order valence-corrected chi connectivity index (χ2v) is 4.69. The third kappa shape index (κ3) is 2.50. The van der Waals surface area contributed by atoms with Crippen molar-refractivity contribution >= 4 is 17.4 Å². The van der Waals surface area contributed by atoms with Crippen LogP contribution in [0.1, 0.15) is 18.9 Å². The fourth-order valence-corrected chi connectivity index (χ4v) is 1.89. The first-order chi connectivity index (χ1) is 9.61. The summed E-state index contributed by atoms with van der Waals surface area (Å²) in [5.74, 6) is 1.55. The van der Waals surface area contributed by atoms with Crippen LogP contribution in [0.3, 0.4) is 0 Å². The molecule has 0 spiro atoms. The lowest BCUT2D eigenvalue weighted by molar-refractivity contribution is 0.216. The summed E-state index contributed by atoms with van der Waals surface area (Å²) in [4.78, 5) is 18.0. The minimum Gasteiger partial charge on any atom is -0.483 e. The topological polar surface area (TPSA) is 72.3 Å². The van der Waals surface area contributed by atoms with Crippen molar-refractivity contribution in [2.75, 3.05) is 0 Å². The van der Waals surface area contributed by atoms with Crippen LogP contribution < -0.4 is 10.3 Å². The van der Waals surface area contributed by atoms with Crippen molar-refractivity contribution in [3.05, 3.63) is 57.7 Å². The smallest absolute Gasteiger partial charge is 0.252 e. The van der Waals surface area contributed by atoms with E-state index in [1.165, 1.54) is 10.6 Å². The van der Waals surface area contributed by atoms with E-state index in [1.54, 1.807) is 30.5 Å². The monoisotopic (exact) mass is 290 g/mol. The van der Waals surface area contributed by atoms with Gasteiger partial charge in [-0.15, -0.1) is 5.10 Å². The average molecular weight is 291 g/mol. The van der Waals surface area contributed by atoms with Gasteiger partial charge in [0.15, 0.2) is 11.9 Å². The number of fused-ring (bicyclic) bond motifs is 1. The highest BCUT2D eigenvalue weighted by atomic mass is 35.5. The Morgan fingerprint density at radius 1 is 1.30 bits per heavy atom. The minimum absolute atomic E-state index is 0.220. The van der Waals surface area contributed by atoms with Gasteiger partial charge in [0.2, 0.25) is 5.78 Å². The largest absolute Gasteiger partial charge is 0.483 e. The van der Waals surface area contributed by atoms with E-state index in [0.717, 1.165) is 0 Å². The van der Waals surface area contributed by atoms with E-state index in [-0.39, 0.29) is 11.7 Å². The number of nitrogens with one attached hydrogen (secondary N) is 1. The number of rotatable bonds is 3. The molecule has 7 heteroatoms. The lowest BCUT2D eigenvalue weighted by Gasteiger charge is -2.11. The van der Waals surface area contributed by atoms with E-state index >= 15 is 0 Å². The molecule has 0 bridgehead atoms. The molecule has 102 valence electrons. The Kier molecular flexibility index (Phi) is 3.15. The number of halogens is 1. The second kappa shape index (κ2) is 4.97. The molecule has 0 amide bonds. The molecule has 20 heavy (non-hydrogen) atoms. The summed E-state index contributed by atoms with van der Waals surface area (Å²) >= 11 is 5.82. The average Bonchev–Trinajstić information content (AvgIpc) is 2.84. The number of aromatic nitrogens is 4. The lowest BCUT2D eigenvalue weighted by Crippen LogP contribution is -2.06. The number of aromatic amines is 1. The summed E-state index contributed by atoms with van der Waals surface area (Å²) in [5.41, 5.74) is -0.220. The molecular weight excluding hydrogens is 280 g/mol. The molecule has 0 aliphatic rings. The highest BCUT2D eigenvalue weighted by Gasteiger charge is 2.14. The van der Waals surface area contributed by atoms with Crippen LogP contribution in [0.2, 0.25) is 5.02 Å². The summed E-state index contributed by atoms with van der Waals surface area (Å²) in [5, 5.41) is 4.90. The summed E-state index contributed by atoms with van der Waals surface area (Å²) in [6.07, 6.45) is 1.21. The zero-order valence-electron chi connectivity index (χ0n) is 10.6. The van der Waals surface area contributed by atoms with Gasteiger partial charge in [0, 0.05) is 17.3 Å². The van der Waals surface area contributed by atoms with Crippen molar-refractivity contribution in [1.82, 2.24) is 19.6 Å². The first kappa shape index (κ1) is 12.7. The number of benzene rings is 1. The predicted octanol–water partition coefficient (Wildman–Crippen LogP) is 2.21. The minimum atomic E-state index is -0.348. The molecule has 1 unspecified atom stereocenters. The zero-order chi connectivity index (χ0) is 14.1. The predicted molar refractivity (Wildman–Crippen MR) is 74.1 cm³/mol. The summed E-state index contributed by atoms with van der Waals surface area (Å²) in [7, 11) is 0. The molecule has 0 aliphatic heterocycles. The fourth-order valence-electron chi connectivity index (χ4n) is 1.76. The van der Waals surface area contributed by atoms with E-state index < -0.39 is 0 Å². The van der Waals surface area contributed by atoms with Crippen molar-refractivity contribution < 1.29 is 4.74 Å². The lowest BCUT2D eigenvalue weighted by atomic mass is 10.3. The first-order valence-corrected chi connectivity index (χ1v) is 6.37. The molecule has 1 atom stereocenters. The van der Waals surface area contributed by atoms with Gasteiger partial charge in [-0.05, 0) is 31.2 Å². The Morgan fingerprint density at radius 3 is 2.80 bits per heavy atom. The van der Waals surface area contributed by atoms with Crippen LogP contribution in [0.4, 0.5) is 0 Å². The SMILES string of the molecule is CC(Oc1ccc(Cl)cc1)c1nc2[nH]c(=O)ccn2n1. The third-order valence-corrected chi connectivity index (χ3v) is 2.99. The maximum absolute atomic E-state index is 11.2. The highest BCUT2D eigenvalue weighted by Crippen LogP contribution is 2.21. The Morgan fingerprint density at radius 2 is 2.05 bits per heavy atom. The molecule has 0 saturated heterocycles. The Bertz CT molecular complexity index is 794. The van der Waals surface area contributed by atoms with Gasteiger partial charge in [-0.2, -0.15) is 4.98 Å². The van der Waals surface area contributed by atoms with Gasteiger partial charge in [-0.25, -0.2) is 4.52 Å². The number of hydrogen-bond donors (Lipinski definition) is 1. The van der Waals surface area contributed by atoms with E-state index in [9.17, 15) is 4.79 Å². The van der Waals surface area contributed by atoms with Crippen LogP contribution in [0.15, 0.2) is 41.3 Å². The van der Waals surface area contributed by atoms with Crippen LogP contribution in [0.25, 0.3) is 5.78 Å². The van der Waals surface area contributed by atoms with Crippen molar-refractivity contribution in [2.45, 2.75) is 13.0 Å². The highest BCUT2D eigenvalue weighted by molar-refractivity contribution is 6.30. The first-order valence-electron chi connectivity index (χ1n) is 5.99. The van der Waals surface area contributed by atoms with Crippen LogP contribution in [-0.4, -0.2) is 19.6 Å². The summed E-state index contributed by atoms with van der Waals surface area (Å²) in [6.45, 7) is 1.83. The standard InChI is InChI=1S/C13H11ClN4O2/c1-8(20-10-4-2-9(14)3-5-10)12-16-13-15-11(19)6-7-18(13)17-12/h2-8H,1H3,(H,15,16,17,19). The van der Waals surface area contributed by atoms with Crippen LogP contribution in [-0.2, 0) is 0 Å².